The molecular formula is C46H68N4O5S2. The first-order valence-electron chi connectivity index (χ1n) is 20.3. The highest BCUT2D eigenvalue weighted by molar-refractivity contribution is 7.98. The van der Waals surface area contributed by atoms with Gasteiger partial charge in [0.2, 0.25) is 5.91 Å². The molecule has 57 heavy (non-hydrogen) atoms. The Labute approximate surface area is 352 Å². The van der Waals surface area contributed by atoms with Crippen LogP contribution >= 0.6 is 24.4 Å². The first kappa shape index (κ1) is 47.9. The highest BCUT2D eigenvalue weighted by atomic mass is 32.2. The molecule has 0 aliphatic rings. The van der Waals surface area contributed by atoms with Crippen molar-refractivity contribution in [3.8, 4) is 0 Å². The summed E-state index contributed by atoms with van der Waals surface area (Å²) in [5.74, 6) is -0.185. The number of amides is 2. The molecule has 1 unspecified atom stereocenters. The fourth-order valence-corrected chi connectivity index (χ4v) is 8.88. The van der Waals surface area contributed by atoms with Crippen molar-refractivity contribution < 1.29 is 23.9 Å². The van der Waals surface area contributed by atoms with E-state index in [2.05, 4.69) is 117 Å². The fourth-order valence-electron chi connectivity index (χ4n) is 7.84. The molecule has 11 heteroatoms. The van der Waals surface area contributed by atoms with Crippen LogP contribution in [0.25, 0.3) is 0 Å². The zero-order valence-corrected chi connectivity index (χ0v) is 37.6. The summed E-state index contributed by atoms with van der Waals surface area (Å²) < 4.78 is 11.0. The van der Waals surface area contributed by atoms with Crippen molar-refractivity contribution in [2.24, 2.45) is 11.8 Å². The number of benzene rings is 3. The van der Waals surface area contributed by atoms with Crippen LogP contribution < -0.4 is 16.1 Å². The van der Waals surface area contributed by atoms with Gasteiger partial charge in [0.25, 0.3) is 0 Å². The van der Waals surface area contributed by atoms with Gasteiger partial charge in [0, 0.05) is 17.8 Å². The maximum atomic E-state index is 14.7. The van der Waals surface area contributed by atoms with Gasteiger partial charge in [-0.25, -0.2) is 14.6 Å². The standard InChI is InChI=1S/C46H68N4O5S2/c1-11-33(3)39(32-45(47-8,34(4)12-2)42(52)48-38(29-31-57-10)41(51)54-9)50(49-43(53)55-44(5,6)7)30-28-40(56)46(35-22-16-13-17-23-35,36-24-18-14-19-25-36)37-26-20-15-21-27-37/h13-27,33-34,38-40,47,56H,11-12,28-32H2,1-10H3,(H,48,52)(H,49,53)/t33-,34-,38-,39+,40?,45-/m0/s1. The molecule has 0 saturated heterocycles. The van der Waals surface area contributed by atoms with E-state index in [0.29, 0.717) is 38.0 Å². The summed E-state index contributed by atoms with van der Waals surface area (Å²) in [6.45, 7) is 14.3. The van der Waals surface area contributed by atoms with Crippen molar-refractivity contribution in [3.05, 3.63) is 108 Å². The first-order valence-corrected chi connectivity index (χ1v) is 22.2. The highest BCUT2D eigenvalue weighted by Crippen LogP contribution is 2.45. The molecule has 0 aliphatic carbocycles. The number of nitrogens with one attached hydrogen (secondary N) is 3. The summed E-state index contributed by atoms with van der Waals surface area (Å²) in [6, 6.07) is 30.3. The number of carbonyl (C=O) groups excluding carboxylic acids is 3. The van der Waals surface area contributed by atoms with Crippen molar-refractivity contribution in [1.29, 1.82) is 0 Å². The maximum Gasteiger partial charge on any atom is 0.422 e. The quantitative estimate of drug-likeness (QED) is 0.0346. The normalized spacial score (nSPS) is 15.7. The summed E-state index contributed by atoms with van der Waals surface area (Å²) in [5.41, 5.74) is 3.99. The molecule has 3 N–H and O–H groups in total. The molecule has 0 heterocycles. The highest BCUT2D eigenvalue weighted by Gasteiger charge is 2.48. The minimum absolute atomic E-state index is 0.0258. The molecule has 0 aromatic heterocycles. The summed E-state index contributed by atoms with van der Waals surface area (Å²) in [5, 5.41) is 8.22. The molecule has 0 bridgehead atoms. The molecule has 0 fully saturated rings. The Kier molecular flexibility index (Phi) is 19.0. The van der Waals surface area contributed by atoms with Gasteiger partial charge in [0.05, 0.1) is 12.5 Å². The van der Waals surface area contributed by atoms with Gasteiger partial charge < -0.3 is 20.1 Å². The van der Waals surface area contributed by atoms with E-state index in [1.807, 2.05) is 50.2 Å². The van der Waals surface area contributed by atoms with Gasteiger partial charge in [-0.1, -0.05) is 132 Å². The van der Waals surface area contributed by atoms with E-state index in [1.54, 1.807) is 18.8 Å². The third-order valence-electron chi connectivity index (χ3n) is 11.4. The Hall–Kier alpha value is -3.51. The van der Waals surface area contributed by atoms with E-state index in [1.165, 1.54) is 7.11 Å². The summed E-state index contributed by atoms with van der Waals surface area (Å²) in [6.07, 6.45) is 4.20. The number of rotatable bonds is 22. The molecule has 0 radical (unpaired) electrons. The second-order valence-electron chi connectivity index (χ2n) is 16.0. The molecule has 0 saturated carbocycles. The van der Waals surface area contributed by atoms with Crippen LogP contribution in [0.3, 0.4) is 0 Å². The number of hydrogen-bond acceptors (Lipinski definition) is 9. The van der Waals surface area contributed by atoms with Gasteiger partial charge in [-0.2, -0.15) is 24.4 Å². The van der Waals surface area contributed by atoms with Crippen molar-refractivity contribution in [3.63, 3.8) is 0 Å². The van der Waals surface area contributed by atoms with Crippen molar-refractivity contribution >= 4 is 42.4 Å². The van der Waals surface area contributed by atoms with E-state index in [-0.39, 0.29) is 29.0 Å². The number of nitrogens with zero attached hydrogens (tertiary/aromatic N) is 1. The number of methoxy groups -OCH3 is 1. The lowest BCUT2D eigenvalue weighted by atomic mass is 9.66. The lowest BCUT2D eigenvalue weighted by molar-refractivity contribution is -0.146. The summed E-state index contributed by atoms with van der Waals surface area (Å²) in [7, 11) is 3.15. The summed E-state index contributed by atoms with van der Waals surface area (Å²) >= 11 is 7.11. The Morgan fingerprint density at radius 3 is 1.74 bits per heavy atom. The minimum atomic E-state index is -1.11. The van der Waals surface area contributed by atoms with Crippen molar-refractivity contribution in [1.82, 2.24) is 21.1 Å². The monoisotopic (exact) mass is 820 g/mol. The molecule has 3 rings (SSSR count). The second-order valence-corrected chi connectivity index (χ2v) is 17.6. The number of thioether (sulfide) groups is 1. The number of thiol groups is 1. The van der Waals surface area contributed by atoms with E-state index in [9.17, 15) is 14.4 Å². The number of esters is 1. The minimum Gasteiger partial charge on any atom is -0.467 e. The van der Waals surface area contributed by atoms with E-state index in [0.717, 1.165) is 23.1 Å². The third kappa shape index (κ3) is 12.3. The first-order chi connectivity index (χ1) is 27.1. The molecule has 3 aromatic rings. The molecule has 314 valence electrons. The predicted octanol–water partition coefficient (Wildman–Crippen LogP) is 8.67. The smallest absolute Gasteiger partial charge is 0.422 e. The molecule has 9 nitrogen and oxygen atoms in total. The molecule has 0 spiro atoms. The molecule has 3 aromatic carbocycles. The zero-order valence-electron chi connectivity index (χ0n) is 35.8. The average Bonchev–Trinajstić information content (AvgIpc) is 3.21. The number of hydrogen-bond donors (Lipinski definition) is 4. The molecule has 6 atom stereocenters. The lowest BCUT2D eigenvalue weighted by Gasteiger charge is -2.46. The van der Waals surface area contributed by atoms with Crippen LogP contribution in [0.15, 0.2) is 91.0 Å². The Morgan fingerprint density at radius 2 is 1.33 bits per heavy atom. The largest absolute Gasteiger partial charge is 0.467 e. The number of ether oxygens (including phenoxy) is 2. The molecular weight excluding hydrogens is 753 g/mol. The van der Waals surface area contributed by atoms with Crippen LogP contribution in [-0.4, -0.2) is 84.2 Å². The topological polar surface area (TPSA) is 109 Å². The lowest BCUT2D eigenvalue weighted by Crippen LogP contribution is -2.66. The SMILES string of the molecule is CC[C@H](C)[C@@H](C[C@@](NC)(C(=O)N[C@@H](CCSC)C(=O)OC)[C@@H](C)CC)N(CCC(S)C(c1ccccc1)(c1ccccc1)c1ccccc1)NC(=O)OC(C)(C)C. The van der Waals surface area contributed by atoms with Gasteiger partial charge in [-0.05, 0) is 87.6 Å². The van der Waals surface area contributed by atoms with E-state index >= 15 is 0 Å². The van der Waals surface area contributed by atoms with E-state index in [4.69, 9.17) is 22.1 Å². The van der Waals surface area contributed by atoms with Gasteiger partial charge in [-0.3, -0.25) is 10.2 Å². The number of likely N-dealkylation sites (N-methyl/N-ethyl adjacent to an activating group) is 1. The third-order valence-corrected chi connectivity index (χ3v) is 12.7. The Bertz CT molecular complexity index is 1560. The molecule has 0 aliphatic heterocycles. The maximum absolute atomic E-state index is 14.7. The van der Waals surface area contributed by atoms with E-state index < -0.39 is 34.7 Å². The van der Waals surface area contributed by atoms with Gasteiger partial charge in [-0.15, -0.1) is 0 Å². The van der Waals surface area contributed by atoms with Crippen LogP contribution in [0.1, 0.15) is 97.3 Å². The number of carbonyl (C=O) groups is 3. The van der Waals surface area contributed by atoms with Crippen LogP contribution in [0.4, 0.5) is 4.79 Å². The Morgan fingerprint density at radius 1 is 0.825 bits per heavy atom. The van der Waals surface area contributed by atoms with Crippen LogP contribution in [0, 0.1) is 11.8 Å². The van der Waals surface area contributed by atoms with Gasteiger partial charge in [0.1, 0.15) is 17.2 Å². The van der Waals surface area contributed by atoms with Gasteiger partial charge in [0.15, 0.2) is 0 Å². The number of hydrazine groups is 1. The van der Waals surface area contributed by atoms with Gasteiger partial charge >= 0.3 is 12.1 Å². The molecule has 2 amide bonds. The van der Waals surface area contributed by atoms with Crippen molar-refractivity contribution in [2.75, 3.05) is 32.7 Å². The zero-order chi connectivity index (χ0) is 42.2. The second kappa shape index (κ2) is 22.6. The predicted molar refractivity (Wildman–Crippen MR) is 239 cm³/mol. The fraction of sp³-hybridized carbons (Fsp3) is 0.543. The average molecular weight is 821 g/mol. The Balaban J connectivity index is 2.19. The van der Waals surface area contributed by atoms with Crippen molar-refractivity contribution in [2.45, 2.75) is 114 Å². The van der Waals surface area contributed by atoms with Crippen LogP contribution in [-0.2, 0) is 24.5 Å². The van der Waals surface area contributed by atoms with Crippen LogP contribution in [0.2, 0.25) is 0 Å². The summed E-state index contributed by atoms with van der Waals surface area (Å²) in [4.78, 5) is 41.4. The van der Waals surface area contributed by atoms with Crippen LogP contribution in [0.5, 0.6) is 0 Å².